The van der Waals surface area contributed by atoms with Crippen molar-refractivity contribution in [3.8, 4) is 11.1 Å². The van der Waals surface area contributed by atoms with Crippen LogP contribution in [-0.2, 0) is 16.0 Å². The summed E-state index contributed by atoms with van der Waals surface area (Å²) in [5.74, 6) is -1.50. The summed E-state index contributed by atoms with van der Waals surface area (Å²) in [5, 5.41) is 13.4. The predicted molar refractivity (Wildman–Crippen MR) is 131 cm³/mol. The second-order valence-corrected chi connectivity index (χ2v) is 8.93. The Labute approximate surface area is 208 Å². The average molecular weight is 502 g/mol. The summed E-state index contributed by atoms with van der Waals surface area (Å²) in [6.07, 6.45) is 2.15. The highest BCUT2D eigenvalue weighted by Gasteiger charge is 2.27. The molecule has 2 aromatic carbocycles. The number of H-pyrrole nitrogens is 1. The number of esters is 1. The van der Waals surface area contributed by atoms with Crippen LogP contribution in [0.5, 0.6) is 0 Å². The third kappa shape index (κ3) is 7.60. The molecule has 0 fully saturated rings. The Kier molecular flexibility index (Phi) is 9.33. The summed E-state index contributed by atoms with van der Waals surface area (Å²) in [4.78, 5) is 27.2. The fraction of sp³-hybridized carbons (Fsp3) is 0.360. The van der Waals surface area contributed by atoms with Gasteiger partial charge in [-0.15, -0.1) is 0 Å². The van der Waals surface area contributed by atoms with E-state index in [1.165, 1.54) is 18.3 Å². The maximum atomic E-state index is 14.3. The number of halogens is 2. The van der Waals surface area contributed by atoms with E-state index in [0.717, 1.165) is 5.56 Å². The lowest BCUT2D eigenvalue weighted by molar-refractivity contribution is -0.149. The van der Waals surface area contributed by atoms with E-state index in [1.54, 1.807) is 13.0 Å². The molecule has 1 amide bonds. The minimum absolute atomic E-state index is 0.155. The van der Waals surface area contributed by atoms with Gasteiger partial charge in [0.1, 0.15) is 5.82 Å². The number of nitrogens with zero attached hydrogens (tertiary/aromatic N) is 3. The Hall–Kier alpha value is -3.30. The first kappa shape index (κ1) is 26.3. The first-order chi connectivity index (χ1) is 16.8. The van der Waals surface area contributed by atoms with Crippen LogP contribution in [0.3, 0.4) is 0 Å². The summed E-state index contributed by atoms with van der Waals surface area (Å²) in [7, 11) is 3.76. The molecular formula is C25H29ClFN5O3. The van der Waals surface area contributed by atoms with Crippen molar-refractivity contribution in [2.45, 2.75) is 25.8 Å². The first-order valence-corrected chi connectivity index (χ1v) is 11.7. The van der Waals surface area contributed by atoms with Crippen LogP contribution in [0.25, 0.3) is 11.1 Å². The van der Waals surface area contributed by atoms with E-state index in [4.69, 9.17) is 16.3 Å². The van der Waals surface area contributed by atoms with Crippen molar-refractivity contribution in [2.24, 2.45) is 5.92 Å². The highest BCUT2D eigenvalue weighted by atomic mass is 35.5. The highest BCUT2D eigenvalue weighted by Crippen LogP contribution is 2.27. The molecule has 1 aromatic heterocycles. The van der Waals surface area contributed by atoms with Crippen molar-refractivity contribution in [1.82, 2.24) is 25.6 Å². The molecular weight excluding hydrogens is 473 g/mol. The van der Waals surface area contributed by atoms with Crippen molar-refractivity contribution >= 4 is 23.5 Å². The normalized spacial score (nSPS) is 12.9. The maximum Gasteiger partial charge on any atom is 0.310 e. The van der Waals surface area contributed by atoms with E-state index < -0.39 is 11.8 Å². The SMILES string of the molecule is CCOC(=O)C(CC(Cc1ccc(-c2cc(Cl)ccc2F)cc1)NC(=O)c1cn[nH]n1)CN(C)C. The number of ether oxygens (including phenoxy) is 1. The van der Waals surface area contributed by atoms with Crippen molar-refractivity contribution in [3.05, 3.63) is 70.8 Å². The molecule has 2 atom stereocenters. The zero-order valence-electron chi connectivity index (χ0n) is 19.9. The molecule has 0 aliphatic carbocycles. The number of nitrogens with one attached hydrogen (secondary N) is 2. The summed E-state index contributed by atoms with van der Waals surface area (Å²) < 4.78 is 19.5. The van der Waals surface area contributed by atoms with Gasteiger partial charge in [0.15, 0.2) is 5.69 Å². The van der Waals surface area contributed by atoms with Crippen molar-refractivity contribution < 1.29 is 18.7 Å². The lowest BCUT2D eigenvalue weighted by Crippen LogP contribution is -2.41. The summed E-state index contributed by atoms with van der Waals surface area (Å²) >= 11 is 6.03. The second kappa shape index (κ2) is 12.4. The third-order valence-electron chi connectivity index (χ3n) is 5.43. The minimum Gasteiger partial charge on any atom is -0.466 e. The van der Waals surface area contributed by atoms with Gasteiger partial charge < -0.3 is 15.0 Å². The standard InChI is InChI=1S/C25H29ClFN5O3/c1-4-35-25(34)18(15-32(2)3)12-20(29-24(33)23-14-28-31-30-23)11-16-5-7-17(8-6-16)21-13-19(26)9-10-22(21)27/h5-10,13-14,18,20H,4,11-12,15H2,1-3H3,(H,29,33)(H,28,30,31). The van der Waals surface area contributed by atoms with Gasteiger partial charge in [0.2, 0.25) is 0 Å². The number of carbonyl (C=O) groups is 2. The molecule has 0 saturated heterocycles. The Morgan fingerprint density at radius 3 is 2.57 bits per heavy atom. The Morgan fingerprint density at radius 1 is 1.20 bits per heavy atom. The van der Waals surface area contributed by atoms with E-state index in [2.05, 4.69) is 20.7 Å². The summed E-state index contributed by atoms with van der Waals surface area (Å²) in [6, 6.07) is 11.4. The first-order valence-electron chi connectivity index (χ1n) is 11.3. The van der Waals surface area contributed by atoms with Crippen molar-refractivity contribution in [2.75, 3.05) is 27.2 Å². The Morgan fingerprint density at radius 2 is 1.94 bits per heavy atom. The van der Waals surface area contributed by atoms with Crippen LogP contribution in [0, 0.1) is 11.7 Å². The van der Waals surface area contributed by atoms with Gasteiger partial charge in [0.25, 0.3) is 5.91 Å². The molecule has 0 aliphatic heterocycles. The van der Waals surface area contributed by atoms with Gasteiger partial charge >= 0.3 is 5.97 Å². The van der Waals surface area contributed by atoms with Crippen LogP contribution in [-0.4, -0.2) is 65.5 Å². The molecule has 0 bridgehead atoms. The number of carbonyl (C=O) groups excluding carboxylic acids is 2. The fourth-order valence-electron chi connectivity index (χ4n) is 3.88. The van der Waals surface area contributed by atoms with Gasteiger partial charge in [-0.2, -0.15) is 15.4 Å². The molecule has 0 saturated carbocycles. The van der Waals surface area contributed by atoms with Crippen molar-refractivity contribution in [1.29, 1.82) is 0 Å². The Bertz CT molecular complexity index is 1120. The number of aromatic amines is 1. The molecule has 0 spiro atoms. The second-order valence-electron chi connectivity index (χ2n) is 8.50. The zero-order valence-corrected chi connectivity index (χ0v) is 20.7. The highest BCUT2D eigenvalue weighted by molar-refractivity contribution is 6.30. The van der Waals surface area contributed by atoms with Gasteiger partial charge in [-0.25, -0.2) is 4.39 Å². The van der Waals surface area contributed by atoms with Gasteiger partial charge in [0.05, 0.1) is 18.7 Å². The summed E-state index contributed by atoms with van der Waals surface area (Å²) in [6.45, 7) is 2.52. The van der Waals surface area contributed by atoms with E-state index in [1.807, 2.05) is 43.3 Å². The molecule has 3 rings (SSSR count). The molecule has 2 unspecified atom stereocenters. The van der Waals surface area contributed by atoms with Crippen LogP contribution in [0.15, 0.2) is 48.7 Å². The van der Waals surface area contributed by atoms with Gasteiger partial charge in [0, 0.05) is 23.2 Å². The smallest absolute Gasteiger partial charge is 0.310 e. The van der Waals surface area contributed by atoms with E-state index in [0.29, 0.717) is 35.5 Å². The quantitative estimate of drug-likeness (QED) is 0.388. The molecule has 186 valence electrons. The van der Waals surface area contributed by atoms with Crippen LogP contribution >= 0.6 is 11.6 Å². The molecule has 2 N–H and O–H groups in total. The fourth-order valence-corrected chi connectivity index (χ4v) is 4.05. The number of aromatic nitrogens is 3. The topological polar surface area (TPSA) is 100 Å². The van der Waals surface area contributed by atoms with E-state index >= 15 is 0 Å². The zero-order chi connectivity index (χ0) is 25.4. The molecule has 0 radical (unpaired) electrons. The van der Waals surface area contributed by atoms with Crippen LogP contribution in [0.4, 0.5) is 4.39 Å². The maximum absolute atomic E-state index is 14.3. The molecule has 3 aromatic rings. The third-order valence-corrected chi connectivity index (χ3v) is 5.67. The van der Waals surface area contributed by atoms with Crippen LogP contribution < -0.4 is 5.32 Å². The number of rotatable bonds is 11. The van der Waals surface area contributed by atoms with Crippen molar-refractivity contribution in [3.63, 3.8) is 0 Å². The average Bonchev–Trinajstić information content (AvgIpc) is 3.36. The van der Waals surface area contributed by atoms with E-state index in [-0.39, 0.29) is 30.1 Å². The minimum atomic E-state index is -0.438. The Balaban J connectivity index is 1.81. The largest absolute Gasteiger partial charge is 0.466 e. The molecule has 8 nitrogen and oxygen atoms in total. The molecule has 35 heavy (non-hydrogen) atoms. The van der Waals surface area contributed by atoms with Gasteiger partial charge in [-0.3, -0.25) is 9.59 Å². The van der Waals surface area contributed by atoms with Gasteiger partial charge in [-0.1, -0.05) is 35.9 Å². The number of benzene rings is 2. The summed E-state index contributed by atoms with van der Waals surface area (Å²) in [5.41, 5.74) is 2.17. The van der Waals surface area contributed by atoms with Crippen LogP contribution in [0.1, 0.15) is 29.4 Å². The lowest BCUT2D eigenvalue weighted by Gasteiger charge is -2.25. The number of hydrogen-bond donors (Lipinski definition) is 2. The molecule has 1 heterocycles. The van der Waals surface area contributed by atoms with E-state index in [9.17, 15) is 14.0 Å². The van der Waals surface area contributed by atoms with Gasteiger partial charge in [-0.05, 0) is 63.2 Å². The predicted octanol–water partition coefficient (Wildman–Crippen LogP) is 3.74. The van der Waals surface area contributed by atoms with Crippen LogP contribution in [0.2, 0.25) is 5.02 Å². The molecule has 0 aliphatic rings. The molecule has 10 heteroatoms. The number of amides is 1. The monoisotopic (exact) mass is 501 g/mol. The number of hydrogen-bond acceptors (Lipinski definition) is 6. The lowest BCUT2D eigenvalue weighted by atomic mass is 9.93.